The van der Waals surface area contributed by atoms with Crippen molar-refractivity contribution >= 4 is 0 Å². The summed E-state index contributed by atoms with van der Waals surface area (Å²) in [6.45, 7) is 7.71. The van der Waals surface area contributed by atoms with Gasteiger partial charge in [-0.15, -0.1) is 0 Å². The molecule has 1 aliphatic rings. The molecule has 2 N–H and O–H groups in total. The van der Waals surface area contributed by atoms with Crippen molar-refractivity contribution in [2.24, 2.45) is 17.1 Å². The number of ether oxygens (including phenoxy) is 1. The Balaban J connectivity index is 1.96. The first-order chi connectivity index (χ1) is 9.38. The molecular weight excluding hydrogens is 253 g/mol. The van der Waals surface area contributed by atoms with Crippen molar-refractivity contribution in [1.29, 1.82) is 0 Å². The lowest BCUT2D eigenvalue weighted by atomic mass is 9.71. The molecule has 2 unspecified atom stereocenters. The summed E-state index contributed by atoms with van der Waals surface area (Å²) >= 11 is 0. The molecule has 1 saturated carbocycles. The molecule has 112 valence electrons. The first-order valence-electron chi connectivity index (χ1n) is 7.48. The number of halogens is 1. The van der Waals surface area contributed by atoms with Gasteiger partial charge in [0.05, 0.1) is 12.7 Å². The van der Waals surface area contributed by atoms with Crippen molar-refractivity contribution in [2.75, 3.05) is 0 Å². The quantitative estimate of drug-likeness (QED) is 0.903. The van der Waals surface area contributed by atoms with E-state index in [0.717, 1.165) is 24.0 Å². The predicted molar refractivity (Wildman–Crippen MR) is 79.7 cm³/mol. The minimum absolute atomic E-state index is 0.233. The molecule has 2 atom stereocenters. The van der Waals surface area contributed by atoms with E-state index in [1.807, 2.05) is 6.07 Å². The molecule has 2 nitrogen and oxygen atoms in total. The fourth-order valence-corrected chi connectivity index (χ4v) is 3.52. The topological polar surface area (TPSA) is 35.2 Å². The van der Waals surface area contributed by atoms with E-state index < -0.39 is 0 Å². The summed E-state index contributed by atoms with van der Waals surface area (Å²) in [5.41, 5.74) is 7.61. The Labute approximate surface area is 121 Å². The summed E-state index contributed by atoms with van der Waals surface area (Å²) < 4.78 is 19.5. The fraction of sp³-hybridized carbons (Fsp3) is 0.647. The number of benzene rings is 1. The van der Waals surface area contributed by atoms with E-state index in [2.05, 4.69) is 20.8 Å². The standard InChI is InChI=1S/C17H26FNO/c1-12-4-16(9-17(2,3)8-12)20-11-14-5-13(10-19)6-15(18)7-14/h5-7,12,16H,4,8-11,19H2,1-3H3. The van der Waals surface area contributed by atoms with Gasteiger partial charge in [0.15, 0.2) is 0 Å². The van der Waals surface area contributed by atoms with E-state index in [1.54, 1.807) is 0 Å². The second-order valence-corrected chi connectivity index (χ2v) is 7.02. The maximum absolute atomic E-state index is 13.5. The highest BCUT2D eigenvalue weighted by Gasteiger charge is 2.32. The zero-order valence-corrected chi connectivity index (χ0v) is 12.8. The summed E-state index contributed by atoms with van der Waals surface area (Å²) in [5, 5.41) is 0. The second-order valence-electron chi connectivity index (χ2n) is 7.02. The van der Waals surface area contributed by atoms with Crippen LogP contribution < -0.4 is 5.73 Å². The van der Waals surface area contributed by atoms with E-state index in [9.17, 15) is 4.39 Å². The smallest absolute Gasteiger partial charge is 0.123 e. The van der Waals surface area contributed by atoms with Crippen LogP contribution in [0.15, 0.2) is 18.2 Å². The van der Waals surface area contributed by atoms with Gasteiger partial charge in [0.1, 0.15) is 5.82 Å². The molecule has 20 heavy (non-hydrogen) atoms. The van der Waals surface area contributed by atoms with Crippen LogP contribution in [0.25, 0.3) is 0 Å². The molecule has 3 heteroatoms. The first kappa shape index (κ1) is 15.5. The predicted octanol–water partition coefficient (Wildman–Crippen LogP) is 4.02. The van der Waals surface area contributed by atoms with Crippen molar-refractivity contribution in [3.8, 4) is 0 Å². The summed E-state index contributed by atoms with van der Waals surface area (Å²) in [5.74, 6) is 0.458. The van der Waals surface area contributed by atoms with E-state index in [-0.39, 0.29) is 11.9 Å². The van der Waals surface area contributed by atoms with Gasteiger partial charge in [0.25, 0.3) is 0 Å². The third kappa shape index (κ3) is 4.29. The normalized spacial score (nSPS) is 25.6. The van der Waals surface area contributed by atoms with Crippen LogP contribution in [0, 0.1) is 17.2 Å². The molecule has 0 spiro atoms. The SMILES string of the molecule is CC1CC(OCc2cc(F)cc(CN)c2)CC(C)(C)C1. The monoisotopic (exact) mass is 279 g/mol. The zero-order valence-electron chi connectivity index (χ0n) is 12.8. The fourth-order valence-electron chi connectivity index (χ4n) is 3.52. The number of hydrogen-bond acceptors (Lipinski definition) is 2. The van der Waals surface area contributed by atoms with Gasteiger partial charge in [-0.2, -0.15) is 0 Å². The van der Waals surface area contributed by atoms with Crippen molar-refractivity contribution in [1.82, 2.24) is 0 Å². The Bertz CT molecular complexity index is 458. The van der Waals surface area contributed by atoms with Gasteiger partial charge < -0.3 is 10.5 Å². The lowest BCUT2D eigenvalue weighted by molar-refractivity contribution is -0.0317. The van der Waals surface area contributed by atoms with Gasteiger partial charge in [-0.3, -0.25) is 0 Å². The Hall–Kier alpha value is -0.930. The maximum Gasteiger partial charge on any atom is 0.123 e. The molecular formula is C17H26FNO. The Morgan fingerprint density at radius 3 is 2.60 bits per heavy atom. The van der Waals surface area contributed by atoms with E-state index in [0.29, 0.717) is 24.5 Å². The largest absolute Gasteiger partial charge is 0.374 e. The summed E-state index contributed by atoms with van der Waals surface area (Å²) in [7, 11) is 0. The van der Waals surface area contributed by atoms with Gasteiger partial charge in [-0.25, -0.2) is 4.39 Å². The highest BCUT2D eigenvalue weighted by atomic mass is 19.1. The minimum Gasteiger partial charge on any atom is -0.374 e. The van der Waals surface area contributed by atoms with Crippen molar-refractivity contribution in [3.05, 3.63) is 35.1 Å². The molecule has 0 bridgehead atoms. The average Bonchev–Trinajstić information content (AvgIpc) is 2.33. The highest BCUT2D eigenvalue weighted by molar-refractivity contribution is 5.24. The number of hydrogen-bond donors (Lipinski definition) is 1. The average molecular weight is 279 g/mol. The summed E-state index contributed by atoms with van der Waals surface area (Å²) in [4.78, 5) is 0. The van der Waals surface area contributed by atoms with Crippen LogP contribution in [-0.4, -0.2) is 6.10 Å². The van der Waals surface area contributed by atoms with E-state index >= 15 is 0 Å². The molecule has 1 aromatic carbocycles. The van der Waals surface area contributed by atoms with Gasteiger partial charge >= 0.3 is 0 Å². The lowest BCUT2D eigenvalue weighted by Crippen LogP contribution is -2.32. The van der Waals surface area contributed by atoms with Crippen LogP contribution in [0.1, 0.15) is 51.2 Å². The third-order valence-corrected chi connectivity index (χ3v) is 4.09. The van der Waals surface area contributed by atoms with Crippen LogP contribution >= 0.6 is 0 Å². The van der Waals surface area contributed by atoms with Gasteiger partial charge in [0.2, 0.25) is 0 Å². The van der Waals surface area contributed by atoms with Crippen LogP contribution in [0.5, 0.6) is 0 Å². The minimum atomic E-state index is -0.233. The van der Waals surface area contributed by atoms with Crippen LogP contribution in [-0.2, 0) is 17.9 Å². The maximum atomic E-state index is 13.5. The number of rotatable bonds is 4. The van der Waals surface area contributed by atoms with E-state index in [4.69, 9.17) is 10.5 Å². The van der Waals surface area contributed by atoms with Crippen LogP contribution in [0.3, 0.4) is 0 Å². The molecule has 0 heterocycles. The van der Waals surface area contributed by atoms with Crippen molar-refractivity contribution in [3.63, 3.8) is 0 Å². The zero-order chi connectivity index (χ0) is 14.8. The molecule has 0 radical (unpaired) electrons. The summed E-state index contributed by atoms with van der Waals surface area (Å²) in [6.07, 6.45) is 3.71. The first-order valence-corrected chi connectivity index (χ1v) is 7.48. The molecule has 0 amide bonds. The van der Waals surface area contributed by atoms with Crippen LogP contribution in [0.4, 0.5) is 4.39 Å². The van der Waals surface area contributed by atoms with Crippen molar-refractivity contribution in [2.45, 2.75) is 59.3 Å². The molecule has 0 aliphatic heterocycles. The molecule has 0 saturated heterocycles. The second kappa shape index (κ2) is 6.23. The lowest BCUT2D eigenvalue weighted by Gasteiger charge is -2.38. The molecule has 0 aromatic heterocycles. The number of nitrogens with two attached hydrogens (primary N) is 1. The molecule has 1 aliphatic carbocycles. The van der Waals surface area contributed by atoms with Crippen molar-refractivity contribution < 1.29 is 9.13 Å². The van der Waals surface area contributed by atoms with Gasteiger partial charge in [-0.05, 0) is 53.9 Å². The van der Waals surface area contributed by atoms with Gasteiger partial charge in [0, 0.05) is 6.54 Å². The highest BCUT2D eigenvalue weighted by Crippen LogP contribution is 2.39. The van der Waals surface area contributed by atoms with E-state index in [1.165, 1.54) is 18.6 Å². The Morgan fingerprint density at radius 1 is 1.25 bits per heavy atom. The van der Waals surface area contributed by atoms with Gasteiger partial charge in [-0.1, -0.05) is 26.8 Å². The molecule has 2 rings (SSSR count). The Kier molecular flexibility index (Phi) is 4.82. The molecule has 1 aromatic rings. The summed E-state index contributed by atoms with van der Waals surface area (Å²) in [6, 6.07) is 4.95. The third-order valence-electron chi connectivity index (χ3n) is 4.09. The molecule has 1 fully saturated rings. The van der Waals surface area contributed by atoms with Crippen LogP contribution in [0.2, 0.25) is 0 Å². The Morgan fingerprint density at radius 2 is 1.95 bits per heavy atom.